The Morgan fingerprint density at radius 2 is 2.07 bits per heavy atom. The number of hydrogen-bond donors (Lipinski definition) is 1. The molecular weight excluding hydrogens is 224 g/mol. The highest BCUT2D eigenvalue weighted by Crippen LogP contribution is 2.20. The Labute approximate surface area is 93.4 Å². The van der Waals surface area contributed by atoms with Gasteiger partial charge >= 0.3 is 0 Å². The molecule has 0 amide bonds. The van der Waals surface area contributed by atoms with Gasteiger partial charge < -0.3 is 5.32 Å². The van der Waals surface area contributed by atoms with E-state index < -0.39 is 0 Å². The van der Waals surface area contributed by atoms with Crippen LogP contribution in [0.5, 0.6) is 0 Å². The van der Waals surface area contributed by atoms with E-state index in [9.17, 15) is 4.39 Å². The van der Waals surface area contributed by atoms with Gasteiger partial charge in [0.15, 0.2) is 0 Å². The summed E-state index contributed by atoms with van der Waals surface area (Å²) in [4.78, 5) is 0. The van der Waals surface area contributed by atoms with Crippen molar-refractivity contribution in [1.29, 1.82) is 0 Å². The maximum Gasteiger partial charge on any atom is 0.124 e. The van der Waals surface area contributed by atoms with Gasteiger partial charge in [0.1, 0.15) is 5.82 Å². The second kappa shape index (κ2) is 4.78. The van der Waals surface area contributed by atoms with Crippen LogP contribution in [0.15, 0.2) is 23.8 Å². The van der Waals surface area contributed by atoms with Crippen LogP contribution in [0.2, 0.25) is 5.02 Å². The monoisotopic (exact) mass is 233 g/mol. The minimum atomic E-state index is -0.293. The van der Waals surface area contributed by atoms with Crippen molar-refractivity contribution in [2.45, 2.75) is 0 Å². The average molecular weight is 234 g/mol. The van der Waals surface area contributed by atoms with Crippen LogP contribution in [0.4, 0.5) is 4.39 Å². The molecule has 0 unspecified atom stereocenters. The van der Waals surface area contributed by atoms with E-state index in [0.29, 0.717) is 5.02 Å². The summed E-state index contributed by atoms with van der Waals surface area (Å²) in [5.74, 6) is -0.293. The van der Waals surface area contributed by atoms with Crippen LogP contribution >= 0.6 is 24.0 Å². The Balaban J connectivity index is 0.000000980. The second-order valence-corrected chi connectivity index (χ2v) is 3.48. The third-order valence-electron chi connectivity index (χ3n) is 2.03. The van der Waals surface area contributed by atoms with Gasteiger partial charge in [-0.3, -0.25) is 0 Å². The van der Waals surface area contributed by atoms with E-state index in [4.69, 9.17) is 11.6 Å². The van der Waals surface area contributed by atoms with E-state index in [1.165, 1.54) is 17.7 Å². The summed E-state index contributed by atoms with van der Waals surface area (Å²) < 4.78 is 12.7. The summed E-state index contributed by atoms with van der Waals surface area (Å²) in [6, 6.07) is 4.45. The molecule has 14 heavy (non-hydrogen) atoms. The van der Waals surface area contributed by atoms with Crippen LogP contribution in [0.1, 0.15) is 5.56 Å². The quantitative estimate of drug-likeness (QED) is 0.787. The van der Waals surface area contributed by atoms with Gasteiger partial charge in [0.2, 0.25) is 0 Å². The van der Waals surface area contributed by atoms with Gasteiger partial charge in [0.05, 0.1) is 5.02 Å². The molecule has 1 heterocycles. The molecule has 1 nitrogen and oxygen atoms in total. The molecule has 1 aromatic rings. The zero-order valence-corrected chi connectivity index (χ0v) is 8.96. The van der Waals surface area contributed by atoms with Gasteiger partial charge in [0, 0.05) is 13.1 Å². The predicted octanol–water partition coefficient (Wildman–Crippen LogP) is 2.89. The fourth-order valence-electron chi connectivity index (χ4n) is 1.21. The third-order valence-corrected chi connectivity index (χ3v) is 2.35. The number of benzene rings is 1. The Bertz CT molecular complexity index is 357. The zero-order chi connectivity index (χ0) is 9.26. The largest absolute Gasteiger partial charge is 0.309 e. The highest BCUT2D eigenvalue weighted by atomic mass is 35.5. The highest BCUT2D eigenvalue weighted by Gasteiger charge is 2.07. The molecule has 1 aliphatic heterocycles. The lowest BCUT2D eigenvalue weighted by Crippen LogP contribution is -2.33. The first-order valence-corrected chi connectivity index (χ1v) is 4.49. The first-order chi connectivity index (χ1) is 6.25. The van der Waals surface area contributed by atoms with Crippen molar-refractivity contribution >= 4 is 30.1 Å². The molecule has 1 saturated heterocycles. The molecule has 1 N–H and O–H groups in total. The maximum atomic E-state index is 12.7. The van der Waals surface area contributed by atoms with Crippen molar-refractivity contribution in [2.24, 2.45) is 0 Å². The van der Waals surface area contributed by atoms with E-state index in [1.807, 2.05) is 6.08 Å². The predicted molar refractivity (Wildman–Crippen MR) is 59.5 cm³/mol. The van der Waals surface area contributed by atoms with Gasteiger partial charge in [0.25, 0.3) is 0 Å². The van der Waals surface area contributed by atoms with E-state index in [2.05, 4.69) is 5.32 Å². The minimum absolute atomic E-state index is 0. The number of nitrogens with one attached hydrogen (secondary N) is 1. The summed E-state index contributed by atoms with van der Waals surface area (Å²) in [6.07, 6.45) is 2.00. The molecule has 76 valence electrons. The van der Waals surface area contributed by atoms with Crippen molar-refractivity contribution in [3.63, 3.8) is 0 Å². The van der Waals surface area contributed by atoms with Crippen LogP contribution in [0.25, 0.3) is 6.08 Å². The van der Waals surface area contributed by atoms with Gasteiger partial charge in [-0.15, -0.1) is 12.4 Å². The summed E-state index contributed by atoms with van der Waals surface area (Å²) >= 11 is 5.85. The third kappa shape index (κ3) is 2.47. The topological polar surface area (TPSA) is 12.0 Å². The SMILES string of the molecule is Cl.Fc1ccc(C=C2CNC2)c(Cl)c1. The summed E-state index contributed by atoms with van der Waals surface area (Å²) in [5.41, 5.74) is 2.19. The van der Waals surface area contributed by atoms with E-state index in [0.717, 1.165) is 18.7 Å². The Hall–Kier alpha value is -0.570. The molecule has 4 heteroatoms. The molecule has 0 bridgehead atoms. The molecule has 0 aliphatic carbocycles. The molecule has 2 rings (SSSR count). The summed E-state index contributed by atoms with van der Waals surface area (Å²) in [6.45, 7) is 1.82. The molecule has 0 spiro atoms. The van der Waals surface area contributed by atoms with Crippen molar-refractivity contribution in [2.75, 3.05) is 13.1 Å². The zero-order valence-electron chi connectivity index (χ0n) is 7.39. The van der Waals surface area contributed by atoms with Crippen LogP contribution in [-0.4, -0.2) is 13.1 Å². The van der Waals surface area contributed by atoms with Crippen molar-refractivity contribution in [3.8, 4) is 0 Å². The number of rotatable bonds is 1. The molecule has 0 aromatic heterocycles. The Kier molecular flexibility index (Phi) is 3.93. The lowest BCUT2D eigenvalue weighted by atomic mass is 10.1. The van der Waals surface area contributed by atoms with Crippen molar-refractivity contribution in [1.82, 2.24) is 5.32 Å². The maximum absolute atomic E-state index is 12.7. The van der Waals surface area contributed by atoms with Crippen LogP contribution in [0, 0.1) is 5.82 Å². The van der Waals surface area contributed by atoms with E-state index >= 15 is 0 Å². The summed E-state index contributed by atoms with van der Waals surface area (Å²) in [7, 11) is 0. The fraction of sp³-hybridized carbons (Fsp3) is 0.200. The average Bonchev–Trinajstić information content (AvgIpc) is 1.99. The van der Waals surface area contributed by atoms with E-state index in [-0.39, 0.29) is 18.2 Å². The first kappa shape index (κ1) is 11.5. The number of hydrogen-bond acceptors (Lipinski definition) is 1. The highest BCUT2D eigenvalue weighted by molar-refractivity contribution is 6.32. The minimum Gasteiger partial charge on any atom is -0.309 e. The second-order valence-electron chi connectivity index (χ2n) is 3.07. The number of halogens is 3. The van der Waals surface area contributed by atoms with Crippen LogP contribution in [-0.2, 0) is 0 Å². The van der Waals surface area contributed by atoms with Crippen LogP contribution < -0.4 is 5.32 Å². The molecule has 1 aromatic carbocycles. The molecule has 1 aliphatic rings. The summed E-state index contributed by atoms with van der Waals surface area (Å²) in [5, 5.41) is 3.60. The van der Waals surface area contributed by atoms with Crippen molar-refractivity contribution < 1.29 is 4.39 Å². The lowest BCUT2D eigenvalue weighted by molar-refractivity contribution is 0.627. The van der Waals surface area contributed by atoms with Gasteiger partial charge in [-0.25, -0.2) is 4.39 Å². The van der Waals surface area contributed by atoms with Crippen molar-refractivity contribution in [3.05, 3.63) is 40.2 Å². The standard InChI is InChI=1S/C10H9ClFN.ClH/c11-10-4-9(12)2-1-8(10)3-7-5-13-6-7;/h1-4,13H,5-6H2;1H. The lowest BCUT2D eigenvalue weighted by Gasteiger charge is -2.18. The molecule has 0 radical (unpaired) electrons. The molecule has 0 atom stereocenters. The smallest absolute Gasteiger partial charge is 0.124 e. The van der Waals surface area contributed by atoms with Gasteiger partial charge in [-0.05, 0) is 23.3 Å². The Morgan fingerprint density at radius 3 is 2.57 bits per heavy atom. The van der Waals surface area contributed by atoms with E-state index in [1.54, 1.807) is 6.07 Å². The first-order valence-electron chi connectivity index (χ1n) is 4.11. The molecule has 1 fully saturated rings. The van der Waals surface area contributed by atoms with Gasteiger partial charge in [-0.1, -0.05) is 23.7 Å². The normalized spacial score (nSPS) is 14.3. The van der Waals surface area contributed by atoms with Crippen LogP contribution in [0.3, 0.4) is 0 Å². The molecular formula is C10H10Cl2FN. The fourth-order valence-corrected chi connectivity index (χ4v) is 1.43. The van der Waals surface area contributed by atoms with Gasteiger partial charge in [-0.2, -0.15) is 0 Å². The Morgan fingerprint density at radius 1 is 1.36 bits per heavy atom. The molecule has 0 saturated carbocycles.